The Kier molecular flexibility index (Phi) is 4.12. The molecule has 0 aromatic rings. The predicted molar refractivity (Wildman–Crippen MR) is 78.8 cm³/mol. The second-order valence-corrected chi connectivity index (χ2v) is 8.39. The molecule has 0 saturated heterocycles. The summed E-state index contributed by atoms with van der Waals surface area (Å²) >= 11 is 49.6. The number of allylic oxidation sites excluding steroid dienone is 2. The van der Waals surface area contributed by atoms with Crippen molar-refractivity contribution in [2.75, 3.05) is 5.88 Å². The standard InChI is InChI=1S/C9H6Cl8/c10-2-4(11)3-1-7(14)5(12)6(13)8(3,15)9(7,16)17/h3-4H,1-2H2. The topological polar surface area (TPSA) is 0 Å². The van der Waals surface area contributed by atoms with Gasteiger partial charge in [0.05, 0.1) is 15.4 Å². The molecule has 0 N–H and O–H groups in total. The molecule has 98 valence electrons. The molecule has 17 heavy (non-hydrogen) atoms. The van der Waals surface area contributed by atoms with Crippen LogP contribution in [0, 0.1) is 5.92 Å². The highest BCUT2D eigenvalue weighted by Gasteiger charge is 2.78. The molecule has 0 nitrogen and oxygen atoms in total. The molecule has 0 spiro atoms. The summed E-state index contributed by atoms with van der Waals surface area (Å²) in [6, 6.07) is 0. The van der Waals surface area contributed by atoms with Crippen molar-refractivity contribution in [3.05, 3.63) is 10.1 Å². The Morgan fingerprint density at radius 2 is 1.65 bits per heavy atom. The van der Waals surface area contributed by atoms with Gasteiger partial charge in [0.1, 0.15) is 9.75 Å². The molecule has 1 saturated carbocycles. The summed E-state index contributed by atoms with van der Waals surface area (Å²) in [5.41, 5.74) is 0. The lowest BCUT2D eigenvalue weighted by molar-refractivity contribution is 0.459. The highest BCUT2D eigenvalue weighted by molar-refractivity contribution is 6.65. The van der Waals surface area contributed by atoms with Gasteiger partial charge in [0.15, 0.2) is 4.33 Å². The lowest BCUT2D eigenvalue weighted by atomic mass is 9.89. The van der Waals surface area contributed by atoms with E-state index in [1.165, 1.54) is 0 Å². The Labute approximate surface area is 139 Å². The van der Waals surface area contributed by atoms with Gasteiger partial charge in [-0.15, -0.1) is 46.4 Å². The lowest BCUT2D eigenvalue weighted by Crippen LogP contribution is -2.46. The highest BCUT2D eigenvalue weighted by atomic mass is 35.5. The molecule has 0 aromatic heterocycles. The minimum Gasteiger partial charge on any atom is -0.125 e. The molecule has 8 heteroatoms. The van der Waals surface area contributed by atoms with Gasteiger partial charge in [-0.25, -0.2) is 0 Å². The molecule has 0 aromatic carbocycles. The van der Waals surface area contributed by atoms with Crippen LogP contribution in [0.3, 0.4) is 0 Å². The SMILES string of the molecule is ClCC(Cl)C1CC2(Cl)C(Cl)=C(Cl)C1(Cl)C2(Cl)Cl. The summed E-state index contributed by atoms with van der Waals surface area (Å²) in [5.74, 6) is -0.148. The van der Waals surface area contributed by atoms with Gasteiger partial charge in [-0.05, 0) is 6.42 Å². The molecule has 4 atom stereocenters. The van der Waals surface area contributed by atoms with Crippen molar-refractivity contribution in [2.24, 2.45) is 5.92 Å². The fraction of sp³-hybridized carbons (Fsp3) is 0.778. The van der Waals surface area contributed by atoms with Gasteiger partial charge >= 0.3 is 0 Å². The number of hydrogen-bond donors (Lipinski definition) is 0. The third-order valence-electron chi connectivity index (χ3n) is 3.41. The third kappa shape index (κ3) is 1.65. The molecule has 0 radical (unpaired) electrons. The first-order valence-corrected chi connectivity index (χ1v) is 7.90. The predicted octanol–water partition coefficient (Wildman–Crippen LogP) is 5.68. The molecule has 0 aliphatic heterocycles. The number of halogens is 8. The second kappa shape index (κ2) is 4.53. The van der Waals surface area contributed by atoms with E-state index >= 15 is 0 Å². The van der Waals surface area contributed by atoms with Gasteiger partial charge in [0, 0.05) is 11.8 Å². The summed E-state index contributed by atoms with van der Waals surface area (Å²) in [6.45, 7) is 0. The van der Waals surface area contributed by atoms with Crippen molar-refractivity contribution in [1.29, 1.82) is 0 Å². The minimum absolute atomic E-state index is 0.160. The first kappa shape index (κ1) is 15.4. The molecule has 1 fully saturated rings. The molecular formula is C9H6Cl8. The third-order valence-corrected chi connectivity index (χ3v) is 8.66. The number of hydrogen-bond acceptors (Lipinski definition) is 0. The van der Waals surface area contributed by atoms with Crippen LogP contribution in [-0.2, 0) is 0 Å². The molecule has 2 aliphatic carbocycles. The Balaban J connectivity index is 2.58. The zero-order chi connectivity index (χ0) is 13.2. The zero-order valence-electron chi connectivity index (χ0n) is 8.09. The van der Waals surface area contributed by atoms with Crippen LogP contribution >= 0.6 is 92.8 Å². The Morgan fingerprint density at radius 3 is 2.00 bits per heavy atom. The Hall–Kier alpha value is 2.06. The smallest absolute Gasteiger partial charge is 0.125 e. The summed E-state index contributed by atoms with van der Waals surface area (Å²) < 4.78 is -1.51. The quantitative estimate of drug-likeness (QED) is 0.525. The van der Waals surface area contributed by atoms with Crippen LogP contribution in [0.15, 0.2) is 10.1 Å². The van der Waals surface area contributed by atoms with Crippen molar-refractivity contribution in [3.63, 3.8) is 0 Å². The van der Waals surface area contributed by atoms with Gasteiger partial charge in [0.2, 0.25) is 0 Å². The molecule has 2 bridgehead atoms. The highest BCUT2D eigenvalue weighted by Crippen LogP contribution is 2.74. The number of fused-ring (bicyclic) bond motifs is 2. The second-order valence-electron chi connectivity index (χ2n) is 4.20. The van der Waals surface area contributed by atoms with Gasteiger partial charge in [-0.3, -0.25) is 0 Å². The van der Waals surface area contributed by atoms with Crippen molar-refractivity contribution < 1.29 is 0 Å². The maximum Gasteiger partial charge on any atom is 0.166 e. The molecular weight excluding hydrogens is 392 g/mol. The van der Waals surface area contributed by atoms with Crippen LogP contribution in [0.4, 0.5) is 0 Å². The molecule has 2 rings (SSSR count). The van der Waals surface area contributed by atoms with Gasteiger partial charge in [-0.2, -0.15) is 0 Å². The average molecular weight is 398 g/mol. The van der Waals surface area contributed by atoms with E-state index in [4.69, 9.17) is 92.8 Å². The van der Waals surface area contributed by atoms with Gasteiger partial charge < -0.3 is 0 Å². The summed E-state index contributed by atoms with van der Waals surface area (Å²) in [4.78, 5) is -2.50. The van der Waals surface area contributed by atoms with E-state index in [0.29, 0.717) is 6.42 Å². The van der Waals surface area contributed by atoms with Gasteiger partial charge in [-0.1, -0.05) is 46.4 Å². The van der Waals surface area contributed by atoms with E-state index in [1.54, 1.807) is 0 Å². The zero-order valence-corrected chi connectivity index (χ0v) is 14.1. The maximum absolute atomic E-state index is 6.50. The normalized spacial score (nSPS) is 45.5. The van der Waals surface area contributed by atoms with Crippen LogP contribution in [0.1, 0.15) is 6.42 Å². The van der Waals surface area contributed by atoms with E-state index in [1.807, 2.05) is 0 Å². The lowest BCUT2D eigenvalue weighted by Gasteiger charge is -2.35. The Morgan fingerprint density at radius 1 is 1.12 bits per heavy atom. The van der Waals surface area contributed by atoms with Crippen molar-refractivity contribution in [3.8, 4) is 0 Å². The van der Waals surface area contributed by atoms with Crippen LogP contribution in [-0.4, -0.2) is 25.3 Å². The monoisotopic (exact) mass is 394 g/mol. The molecule has 4 unspecified atom stereocenters. The van der Waals surface area contributed by atoms with Crippen LogP contribution in [0.2, 0.25) is 0 Å². The van der Waals surface area contributed by atoms with Crippen molar-refractivity contribution in [1.82, 2.24) is 0 Å². The van der Waals surface area contributed by atoms with Crippen molar-refractivity contribution >= 4 is 92.8 Å². The fourth-order valence-electron chi connectivity index (χ4n) is 2.44. The van der Waals surface area contributed by atoms with Crippen molar-refractivity contribution in [2.45, 2.75) is 25.9 Å². The molecule has 2 aliphatic rings. The van der Waals surface area contributed by atoms with E-state index in [2.05, 4.69) is 0 Å². The van der Waals surface area contributed by atoms with Crippen LogP contribution in [0.25, 0.3) is 0 Å². The Bertz CT molecular complexity index is 390. The van der Waals surface area contributed by atoms with E-state index in [9.17, 15) is 0 Å². The fourth-order valence-corrected chi connectivity index (χ4v) is 5.85. The summed E-state index contributed by atoms with van der Waals surface area (Å²) in [6.07, 6.45) is 0.334. The molecule has 0 heterocycles. The average Bonchev–Trinajstić information content (AvgIpc) is 2.49. The van der Waals surface area contributed by atoms with E-state index in [0.717, 1.165) is 0 Å². The molecule has 0 amide bonds. The first-order chi connectivity index (χ1) is 7.64. The van der Waals surface area contributed by atoms with E-state index < -0.39 is 19.5 Å². The van der Waals surface area contributed by atoms with E-state index in [-0.39, 0.29) is 21.9 Å². The minimum atomic E-state index is -1.51. The first-order valence-electron chi connectivity index (χ1n) is 4.66. The number of rotatable bonds is 2. The summed E-state index contributed by atoms with van der Waals surface area (Å²) in [7, 11) is 0. The summed E-state index contributed by atoms with van der Waals surface area (Å²) in [5, 5.41) is -0.0893. The van der Waals surface area contributed by atoms with Crippen LogP contribution < -0.4 is 0 Å². The largest absolute Gasteiger partial charge is 0.166 e. The van der Waals surface area contributed by atoms with Gasteiger partial charge in [0.25, 0.3) is 0 Å². The maximum atomic E-state index is 6.50. The number of alkyl halides is 6. The van der Waals surface area contributed by atoms with Crippen LogP contribution in [0.5, 0.6) is 0 Å².